The fraction of sp³-hybridized carbons (Fsp3) is 0.364. The van der Waals surface area contributed by atoms with Gasteiger partial charge in [0.2, 0.25) is 5.91 Å². The van der Waals surface area contributed by atoms with Gasteiger partial charge in [0.1, 0.15) is 17.5 Å². The third-order valence-electron chi connectivity index (χ3n) is 3.96. The predicted octanol–water partition coefficient (Wildman–Crippen LogP) is 4.21. The molecule has 0 aromatic heterocycles. The van der Waals surface area contributed by atoms with Gasteiger partial charge in [-0.25, -0.2) is 4.79 Å². The fourth-order valence-corrected chi connectivity index (χ4v) is 2.91. The Balaban J connectivity index is 2.35. The SMILES string of the molecule is CC(C)(C)OC(=O)[C@H](Cc1ccccc1)N(Cc1ccccc1)C(=O)CCl. The van der Waals surface area contributed by atoms with E-state index in [2.05, 4.69) is 0 Å². The van der Waals surface area contributed by atoms with Gasteiger partial charge < -0.3 is 9.64 Å². The fourth-order valence-electron chi connectivity index (χ4n) is 2.76. The molecule has 4 nitrogen and oxygen atoms in total. The molecule has 1 amide bonds. The van der Waals surface area contributed by atoms with Crippen LogP contribution in [-0.4, -0.2) is 34.3 Å². The summed E-state index contributed by atoms with van der Waals surface area (Å²) in [6.07, 6.45) is 0.366. The van der Waals surface area contributed by atoms with E-state index in [1.807, 2.05) is 81.4 Å². The molecule has 0 saturated carbocycles. The molecule has 0 heterocycles. The number of carbonyl (C=O) groups excluding carboxylic acids is 2. The number of benzene rings is 2. The van der Waals surface area contributed by atoms with E-state index in [0.717, 1.165) is 11.1 Å². The minimum Gasteiger partial charge on any atom is -0.458 e. The summed E-state index contributed by atoms with van der Waals surface area (Å²) in [5.41, 5.74) is 1.24. The number of esters is 1. The topological polar surface area (TPSA) is 46.6 Å². The maximum Gasteiger partial charge on any atom is 0.329 e. The Bertz CT molecular complexity index is 741. The zero-order valence-corrected chi connectivity index (χ0v) is 16.8. The molecule has 2 aromatic rings. The number of carbonyl (C=O) groups is 2. The molecule has 0 aliphatic heterocycles. The van der Waals surface area contributed by atoms with Crippen LogP contribution in [0.2, 0.25) is 0 Å². The molecule has 0 bridgehead atoms. The van der Waals surface area contributed by atoms with Gasteiger partial charge in [0.05, 0.1) is 0 Å². The molecule has 5 heteroatoms. The summed E-state index contributed by atoms with van der Waals surface area (Å²) in [5.74, 6) is -0.922. The van der Waals surface area contributed by atoms with E-state index >= 15 is 0 Å². The van der Waals surface area contributed by atoms with Gasteiger partial charge in [-0.1, -0.05) is 60.7 Å². The molecule has 0 spiro atoms. The standard InChI is InChI=1S/C22H26ClNO3/c1-22(2,3)27-21(26)19(14-17-10-6-4-7-11-17)24(20(25)15-23)16-18-12-8-5-9-13-18/h4-13,19H,14-16H2,1-3H3/t19-/m0/s1. The second-order valence-electron chi connectivity index (χ2n) is 7.38. The van der Waals surface area contributed by atoms with Crippen LogP contribution in [0.3, 0.4) is 0 Å². The Labute approximate surface area is 166 Å². The number of halogens is 1. The lowest BCUT2D eigenvalue weighted by Crippen LogP contribution is -2.48. The van der Waals surface area contributed by atoms with Crippen molar-refractivity contribution in [1.82, 2.24) is 4.90 Å². The highest BCUT2D eigenvalue weighted by Gasteiger charge is 2.33. The van der Waals surface area contributed by atoms with Crippen molar-refractivity contribution >= 4 is 23.5 Å². The van der Waals surface area contributed by atoms with E-state index in [1.54, 1.807) is 0 Å². The minimum atomic E-state index is -0.752. The van der Waals surface area contributed by atoms with Crippen LogP contribution in [0.4, 0.5) is 0 Å². The predicted molar refractivity (Wildman–Crippen MR) is 107 cm³/mol. The highest BCUT2D eigenvalue weighted by Crippen LogP contribution is 2.18. The normalized spacial score (nSPS) is 12.3. The monoisotopic (exact) mass is 387 g/mol. The quantitative estimate of drug-likeness (QED) is 0.528. The number of alkyl halides is 1. The molecule has 0 aliphatic carbocycles. The van der Waals surface area contributed by atoms with Crippen molar-refractivity contribution < 1.29 is 14.3 Å². The van der Waals surface area contributed by atoms with E-state index in [0.29, 0.717) is 13.0 Å². The average Bonchev–Trinajstić information content (AvgIpc) is 2.64. The van der Waals surface area contributed by atoms with Crippen LogP contribution in [0.1, 0.15) is 31.9 Å². The molecule has 27 heavy (non-hydrogen) atoms. The van der Waals surface area contributed by atoms with Crippen molar-refractivity contribution in [2.75, 3.05) is 5.88 Å². The summed E-state index contributed by atoms with van der Waals surface area (Å²) >= 11 is 5.85. The van der Waals surface area contributed by atoms with Gasteiger partial charge in [-0.3, -0.25) is 4.79 Å². The van der Waals surface area contributed by atoms with Gasteiger partial charge in [-0.05, 0) is 31.9 Å². The van der Waals surface area contributed by atoms with Crippen molar-refractivity contribution in [1.29, 1.82) is 0 Å². The van der Waals surface area contributed by atoms with Crippen molar-refractivity contribution in [3.8, 4) is 0 Å². The molecule has 1 atom stereocenters. The van der Waals surface area contributed by atoms with Crippen LogP contribution in [0.15, 0.2) is 60.7 Å². The molecule has 2 aromatic carbocycles. The molecule has 2 rings (SSSR count). The number of nitrogens with zero attached hydrogens (tertiary/aromatic N) is 1. The van der Waals surface area contributed by atoms with Crippen LogP contribution in [-0.2, 0) is 27.3 Å². The molecule has 0 radical (unpaired) electrons. The van der Waals surface area contributed by atoms with Crippen LogP contribution < -0.4 is 0 Å². The molecule has 0 fully saturated rings. The molecule has 0 unspecified atom stereocenters. The number of hydrogen-bond acceptors (Lipinski definition) is 3. The van der Waals surface area contributed by atoms with Crippen LogP contribution >= 0.6 is 11.6 Å². The maximum atomic E-state index is 13.0. The van der Waals surface area contributed by atoms with Gasteiger partial charge in [0.15, 0.2) is 0 Å². The molecule has 144 valence electrons. The zero-order valence-electron chi connectivity index (χ0n) is 16.0. The van der Waals surface area contributed by atoms with Gasteiger partial charge in [-0.2, -0.15) is 0 Å². The first-order valence-electron chi connectivity index (χ1n) is 8.96. The Morgan fingerprint density at radius 3 is 1.96 bits per heavy atom. The zero-order chi connectivity index (χ0) is 19.9. The highest BCUT2D eigenvalue weighted by atomic mass is 35.5. The van der Waals surface area contributed by atoms with Crippen molar-refractivity contribution in [3.05, 3.63) is 71.8 Å². The van der Waals surface area contributed by atoms with E-state index in [9.17, 15) is 9.59 Å². The Hall–Kier alpha value is -2.33. The summed E-state index contributed by atoms with van der Waals surface area (Å²) in [6, 6.07) is 18.4. The second-order valence-corrected chi connectivity index (χ2v) is 7.65. The molecule has 0 N–H and O–H groups in total. The third kappa shape index (κ3) is 6.72. The average molecular weight is 388 g/mol. The van der Waals surface area contributed by atoms with Crippen LogP contribution in [0.5, 0.6) is 0 Å². The summed E-state index contributed by atoms with van der Waals surface area (Å²) in [5, 5.41) is 0. The lowest BCUT2D eigenvalue weighted by atomic mass is 10.0. The van der Waals surface area contributed by atoms with Gasteiger partial charge >= 0.3 is 5.97 Å². The first-order valence-corrected chi connectivity index (χ1v) is 9.50. The molecule has 0 aliphatic rings. The van der Waals surface area contributed by atoms with E-state index in [-0.39, 0.29) is 11.8 Å². The minimum absolute atomic E-state index is 0.194. The first-order chi connectivity index (χ1) is 12.8. The summed E-state index contributed by atoms with van der Waals surface area (Å²) in [7, 11) is 0. The smallest absolute Gasteiger partial charge is 0.329 e. The number of ether oxygens (including phenoxy) is 1. The molecule has 0 saturated heterocycles. The van der Waals surface area contributed by atoms with Gasteiger partial charge in [0, 0.05) is 13.0 Å². The van der Waals surface area contributed by atoms with Crippen LogP contribution in [0.25, 0.3) is 0 Å². The number of amides is 1. The van der Waals surface area contributed by atoms with E-state index in [4.69, 9.17) is 16.3 Å². The maximum absolute atomic E-state index is 13.0. The molecular formula is C22H26ClNO3. The Morgan fingerprint density at radius 1 is 0.963 bits per heavy atom. The summed E-state index contributed by atoms with van der Waals surface area (Å²) in [6.45, 7) is 5.74. The van der Waals surface area contributed by atoms with Crippen LogP contribution in [0, 0.1) is 0 Å². The Morgan fingerprint density at radius 2 is 1.48 bits per heavy atom. The summed E-state index contributed by atoms with van der Waals surface area (Å²) in [4.78, 5) is 27.1. The van der Waals surface area contributed by atoms with Crippen molar-refractivity contribution in [2.45, 2.75) is 45.4 Å². The van der Waals surface area contributed by atoms with E-state index in [1.165, 1.54) is 4.90 Å². The van der Waals surface area contributed by atoms with Gasteiger partial charge in [-0.15, -0.1) is 11.6 Å². The first kappa shape index (κ1) is 21.0. The van der Waals surface area contributed by atoms with Crippen molar-refractivity contribution in [2.24, 2.45) is 0 Å². The highest BCUT2D eigenvalue weighted by molar-refractivity contribution is 6.27. The molecular weight excluding hydrogens is 362 g/mol. The third-order valence-corrected chi connectivity index (χ3v) is 4.19. The summed E-state index contributed by atoms with van der Waals surface area (Å²) < 4.78 is 5.61. The lowest BCUT2D eigenvalue weighted by Gasteiger charge is -2.32. The number of rotatable bonds is 7. The van der Waals surface area contributed by atoms with E-state index < -0.39 is 17.6 Å². The Kier molecular flexibility index (Phi) is 7.43. The largest absolute Gasteiger partial charge is 0.458 e. The van der Waals surface area contributed by atoms with Gasteiger partial charge in [0.25, 0.3) is 0 Å². The van der Waals surface area contributed by atoms with Crippen molar-refractivity contribution in [3.63, 3.8) is 0 Å². The number of hydrogen-bond donors (Lipinski definition) is 0. The second kappa shape index (κ2) is 9.56. The lowest BCUT2D eigenvalue weighted by molar-refractivity contribution is -0.164.